The normalized spacial score (nSPS) is 9.74. The molecule has 0 unspecified atom stereocenters. The van der Waals surface area contributed by atoms with Crippen LogP contribution in [0, 0.1) is 11.3 Å². The molecule has 0 amide bonds. The Morgan fingerprint density at radius 3 is 2.74 bits per heavy atom. The van der Waals surface area contributed by atoms with Crippen LogP contribution >= 0.6 is 0 Å². The number of rotatable bonds is 3. The molecule has 5 heteroatoms. The first-order valence-electron chi connectivity index (χ1n) is 5.81. The van der Waals surface area contributed by atoms with Gasteiger partial charge in [-0.25, -0.2) is 4.98 Å². The third-order valence-electron chi connectivity index (χ3n) is 2.67. The fourth-order valence-corrected chi connectivity index (χ4v) is 1.76. The van der Waals surface area contributed by atoms with Crippen LogP contribution in [0.15, 0.2) is 36.5 Å². The standard InChI is InChI=1S/C14H15N5/c1-19(2)13-6-4-3-5-12(13)18-14-10(8-15)7-11(16)9-17-14/h3-7,9H,16H2,1-2H3,(H,17,18). The van der Waals surface area contributed by atoms with Crippen LogP contribution in [0.3, 0.4) is 0 Å². The van der Waals surface area contributed by atoms with Crippen molar-refractivity contribution in [3.8, 4) is 6.07 Å². The van der Waals surface area contributed by atoms with E-state index >= 15 is 0 Å². The van der Waals surface area contributed by atoms with Gasteiger partial charge in [0.25, 0.3) is 0 Å². The molecule has 0 aliphatic carbocycles. The molecule has 0 radical (unpaired) electrons. The van der Waals surface area contributed by atoms with E-state index in [9.17, 15) is 0 Å². The number of pyridine rings is 1. The molecule has 0 atom stereocenters. The lowest BCUT2D eigenvalue weighted by atomic mass is 10.2. The van der Waals surface area contributed by atoms with Crippen molar-refractivity contribution in [3.05, 3.63) is 42.1 Å². The van der Waals surface area contributed by atoms with Crippen LogP contribution < -0.4 is 16.0 Å². The number of nitrogens with zero attached hydrogens (tertiary/aromatic N) is 3. The number of hydrogen-bond donors (Lipinski definition) is 2. The van der Waals surface area contributed by atoms with Crippen molar-refractivity contribution >= 4 is 22.9 Å². The van der Waals surface area contributed by atoms with Crippen molar-refractivity contribution < 1.29 is 0 Å². The summed E-state index contributed by atoms with van der Waals surface area (Å²) in [6, 6.07) is 11.5. The molecule has 1 aromatic heterocycles. The molecule has 0 aliphatic heterocycles. The zero-order chi connectivity index (χ0) is 13.8. The van der Waals surface area contributed by atoms with Gasteiger partial charge in [-0.15, -0.1) is 0 Å². The zero-order valence-electron chi connectivity index (χ0n) is 10.9. The highest BCUT2D eigenvalue weighted by Gasteiger charge is 2.08. The molecule has 1 aromatic carbocycles. The number of benzene rings is 1. The highest BCUT2D eigenvalue weighted by molar-refractivity contribution is 5.76. The average Bonchev–Trinajstić information content (AvgIpc) is 2.41. The number of hydrogen-bond acceptors (Lipinski definition) is 5. The Morgan fingerprint density at radius 2 is 2.05 bits per heavy atom. The minimum Gasteiger partial charge on any atom is -0.397 e. The quantitative estimate of drug-likeness (QED) is 0.877. The van der Waals surface area contributed by atoms with Gasteiger partial charge in [0.05, 0.1) is 28.8 Å². The number of nitrogens with one attached hydrogen (secondary N) is 1. The maximum atomic E-state index is 9.10. The molecular formula is C14H15N5. The Hall–Kier alpha value is -2.74. The van der Waals surface area contributed by atoms with Crippen LogP contribution in [0.2, 0.25) is 0 Å². The second kappa shape index (κ2) is 5.27. The number of nitrogen functional groups attached to an aromatic ring is 1. The predicted molar refractivity (Wildman–Crippen MR) is 77.4 cm³/mol. The molecular weight excluding hydrogens is 238 g/mol. The summed E-state index contributed by atoms with van der Waals surface area (Å²) >= 11 is 0. The maximum Gasteiger partial charge on any atom is 0.148 e. The number of aromatic nitrogens is 1. The van der Waals surface area contributed by atoms with Gasteiger partial charge in [0.2, 0.25) is 0 Å². The maximum absolute atomic E-state index is 9.10. The van der Waals surface area contributed by atoms with E-state index in [1.54, 1.807) is 6.07 Å². The zero-order valence-corrected chi connectivity index (χ0v) is 10.9. The lowest BCUT2D eigenvalue weighted by Gasteiger charge is -2.18. The van der Waals surface area contributed by atoms with Crippen molar-refractivity contribution in [1.82, 2.24) is 4.98 Å². The van der Waals surface area contributed by atoms with Crippen LogP contribution in [0.5, 0.6) is 0 Å². The Morgan fingerprint density at radius 1 is 1.32 bits per heavy atom. The third kappa shape index (κ3) is 2.75. The van der Waals surface area contributed by atoms with Gasteiger partial charge in [-0.05, 0) is 18.2 Å². The fourth-order valence-electron chi connectivity index (χ4n) is 1.76. The summed E-state index contributed by atoms with van der Waals surface area (Å²) in [7, 11) is 3.92. The van der Waals surface area contributed by atoms with E-state index in [1.807, 2.05) is 43.3 Å². The summed E-state index contributed by atoms with van der Waals surface area (Å²) in [6.45, 7) is 0. The monoisotopic (exact) mass is 253 g/mol. The molecule has 0 aliphatic rings. The van der Waals surface area contributed by atoms with Crippen LogP contribution in [-0.2, 0) is 0 Å². The Balaban J connectivity index is 2.40. The number of para-hydroxylation sites is 2. The lowest BCUT2D eigenvalue weighted by molar-refractivity contribution is 1.13. The van der Waals surface area contributed by atoms with Crippen LogP contribution in [-0.4, -0.2) is 19.1 Å². The summed E-state index contributed by atoms with van der Waals surface area (Å²) in [5, 5.41) is 12.3. The van der Waals surface area contributed by atoms with Crippen molar-refractivity contribution in [2.75, 3.05) is 30.0 Å². The van der Waals surface area contributed by atoms with E-state index in [0.29, 0.717) is 17.1 Å². The first kappa shape index (κ1) is 12.7. The lowest BCUT2D eigenvalue weighted by Crippen LogP contribution is -2.11. The van der Waals surface area contributed by atoms with E-state index < -0.39 is 0 Å². The molecule has 2 aromatic rings. The summed E-state index contributed by atoms with van der Waals surface area (Å²) in [6.07, 6.45) is 1.53. The van der Waals surface area contributed by atoms with Crippen LogP contribution in [0.4, 0.5) is 22.9 Å². The Kier molecular flexibility index (Phi) is 3.53. The summed E-state index contributed by atoms with van der Waals surface area (Å²) in [5.41, 5.74) is 8.43. The van der Waals surface area contributed by atoms with E-state index in [0.717, 1.165) is 11.4 Å². The van der Waals surface area contributed by atoms with E-state index in [-0.39, 0.29) is 0 Å². The molecule has 0 saturated carbocycles. The number of anilines is 4. The molecule has 19 heavy (non-hydrogen) atoms. The van der Waals surface area contributed by atoms with Gasteiger partial charge in [-0.2, -0.15) is 5.26 Å². The van der Waals surface area contributed by atoms with Crippen LogP contribution in [0.1, 0.15) is 5.56 Å². The van der Waals surface area contributed by atoms with Crippen molar-refractivity contribution in [1.29, 1.82) is 5.26 Å². The topological polar surface area (TPSA) is 78.0 Å². The molecule has 0 fully saturated rings. The molecule has 5 nitrogen and oxygen atoms in total. The first-order valence-corrected chi connectivity index (χ1v) is 5.81. The molecule has 0 spiro atoms. The highest BCUT2D eigenvalue weighted by Crippen LogP contribution is 2.27. The Bertz CT molecular complexity index is 628. The van der Waals surface area contributed by atoms with E-state index in [4.69, 9.17) is 11.0 Å². The van der Waals surface area contributed by atoms with E-state index in [1.165, 1.54) is 6.20 Å². The minimum atomic E-state index is 0.425. The fraction of sp³-hybridized carbons (Fsp3) is 0.143. The van der Waals surface area contributed by atoms with Crippen molar-refractivity contribution in [2.24, 2.45) is 0 Å². The van der Waals surface area contributed by atoms with Crippen molar-refractivity contribution in [2.45, 2.75) is 0 Å². The van der Waals surface area contributed by atoms with Gasteiger partial charge in [0.1, 0.15) is 11.9 Å². The van der Waals surface area contributed by atoms with Gasteiger partial charge < -0.3 is 16.0 Å². The number of nitriles is 1. The van der Waals surface area contributed by atoms with Gasteiger partial charge in [0.15, 0.2) is 0 Å². The van der Waals surface area contributed by atoms with Gasteiger partial charge in [-0.3, -0.25) is 0 Å². The van der Waals surface area contributed by atoms with Gasteiger partial charge in [0, 0.05) is 14.1 Å². The molecule has 0 saturated heterocycles. The first-order chi connectivity index (χ1) is 9.11. The summed E-state index contributed by atoms with van der Waals surface area (Å²) < 4.78 is 0. The van der Waals surface area contributed by atoms with Gasteiger partial charge >= 0.3 is 0 Å². The van der Waals surface area contributed by atoms with E-state index in [2.05, 4.69) is 16.4 Å². The Labute approximate surface area is 112 Å². The second-order valence-electron chi connectivity index (χ2n) is 4.31. The van der Waals surface area contributed by atoms with Crippen molar-refractivity contribution in [3.63, 3.8) is 0 Å². The van der Waals surface area contributed by atoms with Crippen LogP contribution in [0.25, 0.3) is 0 Å². The highest BCUT2D eigenvalue weighted by atomic mass is 15.1. The van der Waals surface area contributed by atoms with Gasteiger partial charge in [-0.1, -0.05) is 12.1 Å². The summed E-state index contributed by atoms with van der Waals surface area (Å²) in [4.78, 5) is 6.16. The summed E-state index contributed by atoms with van der Waals surface area (Å²) in [5.74, 6) is 0.506. The molecule has 2 rings (SSSR count). The third-order valence-corrected chi connectivity index (χ3v) is 2.67. The largest absolute Gasteiger partial charge is 0.397 e. The smallest absolute Gasteiger partial charge is 0.148 e. The SMILES string of the molecule is CN(C)c1ccccc1Nc1ncc(N)cc1C#N. The number of nitrogens with two attached hydrogens (primary N) is 1. The predicted octanol–water partition coefficient (Wildman–Crippen LogP) is 2.35. The molecule has 3 N–H and O–H groups in total. The molecule has 1 heterocycles. The second-order valence-corrected chi connectivity index (χ2v) is 4.31. The minimum absolute atomic E-state index is 0.425. The average molecular weight is 253 g/mol. The molecule has 0 bridgehead atoms. The molecule has 96 valence electrons.